The van der Waals surface area contributed by atoms with Crippen LogP contribution in [0.1, 0.15) is 25.7 Å². The fourth-order valence-electron chi connectivity index (χ4n) is 3.95. The smallest absolute Gasteiger partial charge is 0.244 e. The second-order valence-corrected chi connectivity index (χ2v) is 7.39. The molecular formula is C22H22N4O3. The Morgan fingerprint density at radius 3 is 2.00 bits per heavy atom. The summed E-state index contributed by atoms with van der Waals surface area (Å²) in [6.45, 7) is -0.236. The molecule has 1 N–H and O–H groups in total. The Morgan fingerprint density at radius 1 is 0.862 bits per heavy atom. The van der Waals surface area contributed by atoms with Gasteiger partial charge in [-0.1, -0.05) is 31.0 Å². The van der Waals surface area contributed by atoms with Gasteiger partial charge in [-0.25, -0.2) is 0 Å². The summed E-state index contributed by atoms with van der Waals surface area (Å²) >= 11 is 0. The lowest BCUT2D eigenvalue weighted by molar-refractivity contribution is -0.142. The van der Waals surface area contributed by atoms with Crippen LogP contribution in [0.15, 0.2) is 64.8 Å². The maximum Gasteiger partial charge on any atom is 0.244 e. The van der Waals surface area contributed by atoms with E-state index in [2.05, 4.69) is 15.5 Å². The number of imide groups is 1. The van der Waals surface area contributed by atoms with Gasteiger partial charge in [-0.2, -0.15) is 10.2 Å². The summed E-state index contributed by atoms with van der Waals surface area (Å²) in [5.74, 6) is -1.27. The standard InChI is InChI=1S/C22H22N4O3/c27-20(14-26-21(28)18-8-4-5-9-19(18)22(26)29)23-15-10-12-17(13-11-15)25-24-16-6-2-1-3-7-16/h1-3,6-7,10-13,18-19H,4-5,8-9,14H2,(H,23,27). The van der Waals surface area contributed by atoms with Crippen molar-refractivity contribution in [2.24, 2.45) is 22.1 Å². The number of nitrogens with one attached hydrogen (secondary N) is 1. The summed E-state index contributed by atoms with van der Waals surface area (Å²) in [6, 6.07) is 16.3. The predicted octanol–water partition coefficient (Wildman–Crippen LogP) is 4.22. The zero-order valence-corrected chi connectivity index (χ0v) is 16.0. The second kappa shape index (κ2) is 8.34. The average Bonchev–Trinajstić information content (AvgIpc) is 2.99. The lowest BCUT2D eigenvalue weighted by Crippen LogP contribution is -2.38. The van der Waals surface area contributed by atoms with Gasteiger partial charge >= 0.3 is 0 Å². The zero-order chi connectivity index (χ0) is 20.2. The fraction of sp³-hybridized carbons (Fsp3) is 0.318. The van der Waals surface area contributed by atoms with E-state index in [9.17, 15) is 14.4 Å². The van der Waals surface area contributed by atoms with Crippen LogP contribution >= 0.6 is 0 Å². The van der Waals surface area contributed by atoms with Crippen molar-refractivity contribution >= 4 is 34.8 Å². The van der Waals surface area contributed by atoms with E-state index in [4.69, 9.17) is 0 Å². The van der Waals surface area contributed by atoms with Gasteiger partial charge in [-0.05, 0) is 49.2 Å². The fourth-order valence-corrected chi connectivity index (χ4v) is 3.95. The van der Waals surface area contributed by atoms with Crippen LogP contribution in [0, 0.1) is 11.8 Å². The van der Waals surface area contributed by atoms with E-state index in [0.29, 0.717) is 11.4 Å². The number of anilines is 1. The summed E-state index contributed by atoms with van der Waals surface area (Å²) in [5.41, 5.74) is 1.98. The first-order chi connectivity index (χ1) is 14.1. The molecule has 3 amide bonds. The Labute approximate surface area is 168 Å². The first kappa shape index (κ1) is 19.0. The highest BCUT2D eigenvalue weighted by molar-refractivity contribution is 6.08. The van der Waals surface area contributed by atoms with Crippen LogP contribution in [0.2, 0.25) is 0 Å². The van der Waals surface area contributed by atoms with Crippen LogP contribution in [-0.4, -0.2) is 29.2 Å². The van der Waals surface area contributed by atoms with Gasteiger partial charge in [0, 0.05) is 5.69 Å². The minimum absolute atomic E-state index is 0.202. The Morgan fingerprint density at radius 2 is 1.41 bits per heavy atom. The molecule has 7 nitrogen and oxygen atoms in total. The van der Waals surface area contributed by atoms with Gasteiger partial charge in [-0.3, -0.25) is 19.3 Å². The van der Waals surface area contributed by atoms with Crippen molar-refractivity contribution in [1.82, 2.24) is 4.90 Å². The van der Waals surface area contributed by atoms with Crippen LogP contribution < -0.4 is 5.32 Å². The summed E-state index contributed by atoms with van der Waals surface area (Å²) in [6.07, 6.45) is 3.42. The molecule has 4 rings (SSSR count). The Balaban J connectivity index is 1.34. The second-order valence-electron chi connectivity index (χ2n) is 7.39. The predicted molar refractivity (Wildman–Crippen MR) is 108 cm³/mol. The molecule has 7 heteroatoms. The third kappa shape index (κ3) is 4.23. The normalized spacial score (nSPS) is 21.4. The third-order valence-corrected chi connectivity index (χ3v) is 5.42. The maximum absolute atomic E-state index is 12.5. The molecule has 2 atom stereocenters. The number of nitrogens with zero attached hydrogens (tertiary/aromatic N) is 3. The number of azo groups is 1. The number of likely N-dealkylation sites (tertiary alicyclic amines) is 1. The average molecular weight is 390 g/mol. The summed E-state index contributed by atoms with van der Waals surface area (Å²) in [7, 11) is 0. The number of carbonyl (C=O) groups excluding carboxylic acids is 3. The van der Waals surface area contributed by atoms with E-state index in [1.165, 1.54) is 0 Å². The molecule has 0 aromatic heterocycles. The van der Waals surface area contributed by atoms with Gasteiger partial charge in [0.1, 0.15) is 6.54 Å². The van der Waals surface area contributed by atoms with E-state index in [1.807, 2.05) is 30.3 Å². The van der Waals surface area contributed by atoms with Gasteiger partial charge in [-0.15, -0.1) is 0 Å². The largest absolute Gasteiger partial charge is 0.325 e. The van der Waals surface area contributed by atoms with Crippen molar-refractivity contribution in [2.45, 2.75) is 25.7 Å². The zero-order valence-electron chi connectivity index (χ0n) is 16.0. The van der Waals surface area contributed by atoms with Gasteiger partial charge in [0.2, 0.25) is 17.7 Å². The van der Waals surface area contributed by atoms with Crippen LogP contribution in [-0.2, 0) is 14.4 Å². The Bertz CT molecular complexity index is 916. The van der Waals surface area contributed by atoms with Crippen molar-refractivity contribution in [3.05, 3.63) is 54.6 Å². The highest BCUT2D eigenvalue weighted by Gasteiger charge is 2.48. The van der Waals surface area contributed by atoms with Crippen LogP contribution in [0.25, 0.3) is 0 Å². The molecule has 1 aliphatic heterocycles. The van der Waals surface area contributed by atoms with Crippen LogP contribution in [0.5, 0.6) is 0 Å². The first-order valence-electron chi connectivity index (χ1n) is 9.84. The molecule has 1 saturated carbocycles. The molecule has 1 saturated heterocycles. The first-order valence-corrected chi connectivity index (χ1v) is 9.84. The number of fused-ring (bicyclic) bond motifs is 1. The number of benzene rings is 2. The molecule has 2 aromatic rings. The monoisotopic (exact) mass is 390 g/mol. The minimum Gasteiger partial charge on any atom is -0.325 e. The van der Waals surface area contributed by atoms with E-state index < -0.39 is 0 Å². The molecule has 0 bridgehead atoms. The van der Waals surface area contributed by atoms with E-state index in [1.54, 1.807) is 24.3 Å². The number of hydrogen-bond donors (Lipinski definition) is 1. The number of carbonyl (C=O) groups is 3. The number of amides is 3. The molecule has 2 aromatic carbocycles. The molecular weight excluding hydrogens is 368 g/mol. The van der Waals surface area contributed by atoms with E-state index >= 15 is 0 Å². The summed E-state index contributed by atoms with van der Waals surface area (Å²) < 4.78 is 0. The van der Waals surface area contributed by atoms with Crippen molar-refractivity contribution in [3.63, 3.8) is 0 Å². The quantitative estimate of drug-likeness (QED) is 0.612. The SMILES string of the molecule is O=C(CN1C(=O)C2CCCCC2C1=O)Nc1ccc(N=Nc2ccccc2)cc1. The van der Waals surface area contributed by atoms with E-state index in [-0.39, 0.29) is 36.1 Å². The highest BCUT2D eigenvalue weighted by Crippen LogP contribution is 2.37. The van der Waals surface area contributed by atoms with Crippen molar-refractivity contribution in [1.29, 1.82) is 0 Å². The molecule has 2 aliphatic rings. The summed E-state index contributed by atoms with van der Waals surface area (Å²) in [5, 5.41) is 11.0. The molecule has 2 fully saturated rings. The molecule has 29 heavy (non-hydrogen) atoms. The van der Waals surface area contributed by atoms with Crippen molar-refractivity contribution in [3.8, 4) is 0 Å². The molecule has 0 spiro atoms. The van der Waals surface area contributed by atoms with Crippen LogP contribution in [0.4, 0.5) is 17.1 Å². The molecule has 1 aliphatic carbocycles. The molecule has 1 heterocycles. The molecule has 2 unspecified atom stereocenters. The Kier molecular flexibility index (Phi) is 5.46. The van der Waals surface area contributed by atoms with Gasteiger partial charge in [0.15, 0.2) is 0 Å². The van der Waals surface area contributed by atoms with Gasteiger partial charge < -0.3 is 5.32 Å². The molecule has 148 valence electrons. The lowest BCUT2D eigenvalue weighted by atomic mass is 9.81. The topological polar surface area (TPSA) is 91.2 Å². The van der Waals surface area contributed by atoms with Crippen molar-refractivity contribution in [2.75, 3.05) is 11.9 Å². The van der Waals surface area contributed by atoms with Gasteiger partial charge in [0.05, 0.1) is 23.2 Å². The minimum atomic E-state index is -0.385. The third-order valence-electron chi connectivity index (χ3n) is 5.42. The summed E-state index contributed by atoms with van der Waals surface area (Å²) in [4.78, 5) is 38.4. The Hall–Kier alpha value is -3.35. The van der Waals surface area contributed by atoms with E-state index in [0.717, 1.165) is 36.3 Å². The van der Waals surface area contributed by atoms with Gasteiger partial charge in [0.25, 0.3) is 0 Å². The maximum atomic E-state index is 12.5. The van der Waals surface area contributed by atoms with Crippen LogP contribution in [0.3, 0.4) is 0 Å². The number of hydrogen-bond acceptors (Lipinski definition) is 5. The molecule has 0 radical (unpaired) electrons. The number of rotatable bonds is 5. The lowest BCUT2D eigenvalue weighted by Gasteiger charge is -2.19. The van der Waals surface area contributed by atoms with Crippen molar-refractivity contribution < 1.29 is 14.4 Å². The highest BCUT2D eigenvalue weighted by atomic mass is 16.2.